The summed E-state index contributed by atoms with van der Waals surface area (Å²) in [6.07, 6.45) is -8.12. The number of nitrogens with zero attached hydrogens (tertiary/aromatic N) is 3. The molecule has 1 aliphatic rings. The number of aryl methyl sites for hydroxylation is 1. The van der Waals surface area contributed by atoms with Crippen LogP contribution in [0.2, 0.25) is 0 Å². The number of fused-ring (bicyclic) bond motifs is 1. The summed E-state index contributed by atoms with van der Waals surface area (Å²) in [4.78, 5) is 15.2. The molecule has 3 heterocycles. The summed E-state index contributed by atoms with van der Waals surface area (Å²) in [5.41, 5.74) is -0.324. The highest BCUT2D eigenvalue weighted by Gasteiger charge is 2.41. The smallest absolute Gasteiger partial charge is 0.364 e. The molecule has 0 aliphatic carbocycles. The van der Waals surface area contributed by atoms with Gasteiger partial charge in [-0.2, -0.15) is 31.4 Å². The van der Waals surface area contributed by atoms with E-state index >= 15 is 0 Å². The van der Waals surface area contributed by atoms with Crippen LogP contribution in [0.15, 0.2) is 24.3 Å². The Balaban J connectivity index is 1.55. The molecule has 0 amide bonds. The van der Waals surface area contributed by atoms with Crippen molar-refractivity contribution in [1.29, 1.82) is 0 Å². The summed E-state index contributed by atoms with van der Waals surface area (Å²) in [6.45, 7) is 4.39. The molecule has 0 unspecified atom stereocenters. The summed E-state index contributed by atoms with van der Waals surface area (Å²) in [6, 6.07) is 5.68. The van der Waals surface area contributed by atoms with Gasteiger partial charge in [-0.3, -0.25) is 9.69 Å². The van der Waals surface area contributed by atoms with Crippen LogP contribution >= 0.6 is 11.3 Å². The lowest BCUT2D eigenvalue weighted by atomic mass is 9.76. The maximum atomic E-state index is 13.5. The maximum Gasteiger partial charge on any atom is 0.416 e. The Labute approximate surface area is 213 Å². The van der Waals surface area contributed by atoms with Crippen LogP contribution in [0.3, 0.4) is 0 Å². The minimum absolute atomic E-state index is 0.0779. The molecule has 5 nitrogen and oxygen atoms in total. The fraction of sp³-hybridized carbons (Fsp3) is 0.480. The Morgan fingerprint density at radius 2 is 1.78 bits per heavy atom. The number of alkyl halides is 6. The Kier molecular flexibility index (Phi) is 7.28. The number of halogens is 6. The van der Waals surface area contributed by atoms with Crippen molar-refractivity contribution in [3.8, 4) is 0 Å². The molecule has 0 bridgehead atoms. The first-order chi connectivity index (χ1) is 17.2. The lowest BCUT2D eigenvalue weighted by Gasteiger charge is -2.38. The fourth-order valence-corrected chi connectivity index (χ4v) is 5.84. The van der Waals surface area contributed by atoms with Gasteiger partial charge in [0.2, 0.25) is 0 Å². The number of carbonyl (C=O) groups is 1. The molecule has 1 N–H and O–H groups in total. The van der Waals surface area contributed by atoms with Crippen LogP contribution in [-0.2, 0) is 12.7 Å². The van der Waals surface area contributed by atoms with Gasteiger partial charge in [0.25, 0.3) is 0 Å². The van der Waals surface area contributed by atoms with Crippen LogP contribution < -0.4 is 5.32 Å². The molecule has 200 valence electrons. The first-order valence-corrected chi connectivity index (χ1v) is 12.5. The van der Waals surface area contributed by atoms with Crippen LogP contribution in [0.5, 0.6) is 0 Å². The third-order valence-corrected chi connectivity index (χ3v) is 8.19. The van der Waals surface area contributed by atoms with Gasteiger partial charge in [0.1, 0.15) is 0 Å². The van der Waals surface area contributed by atoms with Gasteiger partial charge < -0.3 is 5.32 Å². The van der Waals surface area contributed by atoms with Gasteiger partial charge >= 0.3 is 12.4 Å². The second-order valence-electron chi connectivity index (χ2n) is 9.71. The van der Waals surface area contributed by atoms with Gasteiger partial charge in [0, 0.05) is 17.3 Å². The zero-order chi connectivity index (χ0) is 27.2. The van der Waals surface area contributed by atoms with Crippen molar-refractivity contribution in [3.05, 3.63) is 51.5 Å². The van der Waals surface area contributed by atoms with E-state index in [0.29, 0.717) is 40.2 Å². The van der Waals surface area contributed by atoms with Crippen molar-refractivity contribution >= 4 is 33.0 Å². The Bertz CT molecular complexity index is 1310. The van der Waals surface area contributed by atoms with Gasteiger partial charge in [-0.05, 0) is 63.0 Å². The second kappa shape index (κ2) is 9.86. The number of hydrogen-bond donors (Lipinski definition) is 1. The minimum Gasteiger partial charge on any atom is -0.364 e. The van der Waals surface area contributed by atoms with Crippen molar-refractivity contribution in [2.24, 2.45) is 5.41 Å². The van der Waals surface area contributed by atoms with E-state index in [-0.39, 0.29) is 31.0 Å². The predicted octanol–water partition coefficient (Wildman–Crippen LogP) is 6.79. The molecule has 3 aromatic rings. The lowest BCUT2D eigenvalue weighted by Crippen LogP contribution is -2.45. The number of Topliss-reactive ketones (excluding diaryl/α,β-unsaturated/α-hetero) is 1. The van der Waals surface area contributed by atoms with E-state index in [4.69, 9.17) is 0 Å². The molecule has 0 atom stereocenters. The highest BCUT2D eigenvalue weighted by Crippen LogP contribution is 2.40. The Hall–Kier alpha value is -2.73. The first kappa shape index (κ1) is 27.3. The van der Waals surface area contributed by atoms with E-state index in [2.05, 4.69) is 15.5 Å². The van der Waals surface area contributed by atoms with Crippen molar-refractivity contribution in [3.63, 3.8) is 0 Å². The summed E-state index contributed by atoms with van der Waals surface area (Å²) in [5, 5.41) is 12.0. The van der Waals surface area contributed by atoms with Crippen LogP contribution in [0.25, 0.3) is 10.1 Å². The number of rotatable bonds is 6. The van der Waals surface area contributed by atoms with E-state index in [1.807, 2.05) is 0 Å². The molecule has 12 heteroatoms. The zero-order valence-corrected chi connectivity index (χ0v) is 21.3. The molecule has 0 radical (unpaired) electrons. The number of thiophene rings is 1. The molecular weight excluding hydrogens is 518 g/mol. The molecule has 1 fully saturated rings. The molecule has 1 aromatic carbocycles. The number of anilines is 1. The SMILES string of the molecule is Cc1c(CNc2nnc(C)c3sc(C(=O)C4(C)CCN(CC(F)(F)F)CC4)cc23)cccc1C(F)(F)F. The largest absolute Gasteiger partial charge is 0.416 e. The third-order valence-electron chi connectivity index (χ3n) is 6.95. The topological polar surface area (TPSA) is 58.1 Å². The van der Waals surface area contributed by atoms with E-state index in [1.54, 1.807) is 26.0 Å². The van der Waals surface area contributed by atoms with Crippen LogP contribution in [0, 0.1) is 19.3 Å². The van der Waals surface area contributed by atoms with E-state index in [0.717, 1.165) is 10.8 Å². The molecule has 1 aliphatic heterocycles. The van der Waals surface area contributed by atoms with Crippen molar-refractivity contribution in [2.75, 3.05) is 25.0 Å². The fourth-order valence-electron chi connectivity index (χ4n) is 4.65. The van der Waals surface area contributed by atoms with Crippen molar-refractivity contribution in [2.45, 2.75) is 52.5 Å². The first-order valence-electron chi connectivity index (χ1n) is 11.7. The highest BCUT2D eigenvalue weighted by atomic mass is 32.1. The maximum absolute atomic E-state index is 13.5. The summed E-state index contributed by atoms with van der Waals surface area (Å²) >= 11 is 1.25. The number of carbonyl (C=O) groups excluding carboxylic acids is 1. The second-order valence-corrected chi connectivity index (χ2v) is 10.8. The van der Waals surface area contributed by atoms with Crippen molar-refractivity contribution < 1.29 is 31.1 Å². The Morgan fingerprint density at radius 1 is 1.11 bits per heavy atom. The van der Waals surface area contributed by atoms with Gasteiger partial charge in [0.15, 0.2) is 11.6 Å². The summed E-state index contributed by atoms with van der Waals surface area (Å²) in [7, 11) is 0. The average Bonchev–Trinajstić information content (AvgIpc) is 3.25. The average molecular weight is 545 g/mol. The molecule has 1 saturated heterocycles. The van der Waals surface area contributed by atoms with Gasteiger partial charge in [0.05, 0.1) is 27.4 Å². The van der Waals surface area contributed by atoms with Crippen LogP contribution in [0.4, 0.5) is 32.2 Å². The summed E-state index contributed by atoms with van der Waals surface area (Å²) < 4.78 is 78.8. The lowest BCUT2D eigenvalue weighted by molar-refractivity contribution is -0.149. The minimum atomic E-state index is -4.46. The monoisotopic (exact) mass is 544 g/mol. The Morgan fingerprint density at radius 3 is 2.41 bits per heavy atom. The number of benzene rings is 1. The summed E-state index contributed by atoms with van der Waals surface area (Å²) in [5.74, 6) is 0.206. The normalized spacial score (nSPS) is 16.8. The quantitative estimate of drug-likeness (QED) is 0.274. The standard InChI is InChI=1S/C25H26F6N4OS/c1-14-16(5-4-6-18(14)25(29,30)31)12-32-22-17-11-19(37-20(17)15(2)33-34-22)21(36)23(3)7-9-35(10-8-23)13-24(26,27)28/h4-6,11H,7-10,12-13H2,1-3H3,(H,32,34). The predicted molar refractivity (Wildman–Crippen MR) is 130 cm³/mol. The van der Waals surface area contributed by atoms with E-state index in [1.165, 1.54) is 29.2 Å². The molecule has 4 rings (SSSR count). The number of likely N-dealkylation sites (tertiary alicyclic amines) is 1. The molecule has 37 heavy (non-hydrogen) atoms. The number of piperidine rings is 1. The van der Waals surface area contributed by atoms with Crippen LogP contribution in [0.1, 0.15) is 51.8 Å². The molecule has 0 saturated carbocycles. The number of nitrogens with one attached hydrogen (secondary N) is 1. The van der Waals surface area contributed by atoms with Gasteiger partial charge in [-0.25, -0.2) is 0 Å². The molecule has 2 aromatic heterocycles. The number of ketones is 1. The van der Waals surface area contributed by atoms with Gasteiger partial charge in [-0.15, -0.1) is 16.4 Å². The van der Waals surface area contributed by atoms with E-state index in [9.17, 15) is 31.1 Å². The highest BCUT2D eigenvalue weighted by molar-refractivity contribution is 7.21. The zero-order valence-electron chi connectivity index (χ0n) is 20.5. The molecular formula is C25H26F6N4OS. The van der Waals surface area contributed by atoms with E-state index < -0.39 is 29.9 Å². The van der Waals surface area contributed by atoms with Crippen LogP contribution in [-0.4, -0.2) is 46.7 Å². The third kappa shape index (κ3) is 5.90. The van der Waals surface area contributed by atoms with Crippen molar-refractivity contribution in [1.82, 2.24) is 15.1 Å². The molecule has 0 spiro atoms. The van der Waals surface area contributed by atoms with Gasteiger partial charge in [-0.1, -0.05) is 19.1 Å². The number of hydrogen-bond acceptors (Lipinski definition) is 6. The number of aromatic nitrogens is 2.